The minimum atomic E-state index is -0.168. The Labute approximate surface area is 118 Å². The summed E-state index contributed by atoms with van der Waals surface area (Å²) in [5, 5.41) is 15.0. The second-order valence-electron chi connectivity index (χ2n) is 4.82. The van der Waals surface area contributed by atoms with Crippen molar-refractivity contribution in [3.05, 3.63) is 24.3 Å². The van der Waals surface area contributed by atoms with E-state index in [1.165, 1.54) is 0 Å². The van der Waals surface area contributed by atoms with Crippen LogP contribution in [0.2, 0.25) is 0 Å². The highest BCUT2D eigenvalue weighted by Gasteiger charge is 2.26. The monoisotopic (exact) mass is 277 g/mol. The van der Waals surface area contributed by atoms with Gasteiger partial charge in [-0.05, 0) is 12.1 Å². The van der Waals surface area contributed by atoms with Crippen LogP contribution in [-0.2, 0) is 0 Å². The van der Waals surface area contributed by atoms with Gasteiger partial charge in [0.15, 0.2) is 0 Å². The maximum Gasteiger partial charge on any atom is 0.321 e. The van der Waals surface area contributed by atoms with Gasteiger partial charge in [-0.25, -0.2) is 4.79 Å². The summed E-state index contributed by atoms with van der Waals surface area (Å²) in [6.07, 6.45) is 0.594. The van der Waals surface area contributed by atoms with Gasteiger partial charge in [0.05, 0.1) is 18.5 Å². The summed E-state index contributed by atoms with van der Waals surface area (Å²) in [4.78, 5) is 13.9. The van der Waals surface area contributed by atoms with Gasteiger partial charge < -0.3 is 20.2 Å². The summed E-state index contributed by atoms with van der Waals surface area (Å²) in [7, 11) is 1.57. The first kappa shape index (κ1) is 14.2. The molecule has 1 aromatic rings. The number of piperidine rings is 1. The van der Waals surface area contributed by atoms with Crippen molar-refractivity contribution >= 4 is 17.4 Å². The number of urea groups is 1. The standard InChI is InChI=1S/C14H19N3O3/c1-10-9-17(8-7-11(10)16-19)14(18)15-12-5-3-4-6-13(12)20-2/h3-6,10,19H,7-9H2,1-2H3,(H,15,18)/b16-11-. The van der Waals surface area contributed by atoms with Gasteiger partial charge in [-0.15, -0.1) is 0 Å². The predicted molar refractivity (Wildman–Crippen MR) is 76.6 cm³/mol. The Morgan fingerprint density at radius 1 is 1.50 bits per heavy atom. The molecule has 6 heteroatoms. The van der Waals surface area contributed by atoms with Crippen molar-refractivity contribution in [3.63, 3.8) is 0 Å². The number of carbonyl (C=O) groups is 1. The van der Waals surface area contributed by atoms with Crippen LogP contribution in [0, 0.1) is 5.92 Å². The first-order valence-corrected chi connectivity index (χ1v) is 6.55. The van der Waals surface area contributed by atoms with Crippen LogP contribution in [-0.4, -0.2) is 42.0 Å². The number of nitrogens with zero attached hydrogens (tertiary/aromatic N) is 2. The van der Waals surface area contributed by atoms with Gasteiger partial charge in [0.1, 0.15) is 5.75 Å². The van der Waals surface area contributed by atoms with Gasteiger partial charge in [0.25, 0.3) is 0 Å². The Balaban J connectivity index is 2.02. The van der Waals surface area contributed by atoms with Gasteiger partial charge in [-0.3, -0.25) is 0 Å². The number of carbonyl (C=O) groups excluding carboxylic acids is 1. The number of rotatable bonds is 2. The molecule has 2 rings (SSSR count). The van der Waals surface area contributed by atoms with E-state index >= 15 is 0 Å². The van der Waals surface area contributed by atoms with Crippen LogP contribution in [0.5, 0.6) is 5.75 Å². The summed E-state index contributed by atoms with van der Waals surface area (Å²) in [6.45, 7) is 3.03. The number of anilines is 1. The second kappa shape index (κ2) is 6.27. The number of para-hydroxylation sites is 2. The average Bonchev–Trinajstić information content (AvgIpc) is 2.47. The van der Waals surface area contributed by atoms with Crippen LogP contribution in [0.25, 0.3) is 0 Å². The molecule has 1 aromatic carbocycles. The lowest BCUT2D eigenvalue weighted by Gasteiger charge is -2.31. The van der Waals surface area contributed by atoms with E-state index in [9.17, 15) is 4.79 Å². The van der Waals surface area contributed by atoms with E-state index in [0.717, 1.165) is 5.71 Å². The van der Waals surface area contributed by atoms with E-state index in [-0.39, 0.29) is 11.9 Å². The molecular weight excluding hydrogens is 258 g/mol. The molecule has 0 bridgehead atoms. The largest absolute Gasteiger partial charge is 0.495 e. The van der Waals surface area contributed by atoms with Crippen LogP contribution in [0.3, 0.4) is 0 Å². The Morgan fingerprint density at radius 2 is 2.25 bits per heavy atom. The molecule has 1 unspecified atom stereocenters. The Hall–Kier alpha value is -2.24. The minimum absolute atomic E-state index is 0.0668. The van der Waals surface area contributed by atoms with Gasteiger partial charge in [0, 0.05) is 25.4 Å². The molecular formula is C14H19N3O3. The van der Waals surface area contributed by atoms with Crippen molar-refractivity contribution in [2.45, 2.75) is 13.3 Å². The third kappa shape index (κ3) is 3.01. The van der Waals surface area contributed by atoms with Crippen LogP contribution in [0.15, 0.2) is 29.4 Å². The molecule has 2 N–H and O–H groups in total. The van der Waals surface area contributed by atoms with Gasteiger partial charge in [0.2, 0.25) is 0 Å². The molecule has 6 nitrogen and oxygen atoms in total. The highest BCUT2D eigenvalue weighted by atomic mass is 16.5. The molecule has 2 amide bonds. The molecule has 108 valence electrons. The molecule has 1 saturated heterocycles. The summed E-state index contributed by atoms with van der Waals surface area (Å²) >= 11 is 0. The molecule has 20 heavy (non-hydrogen) atoms. The number of hydrogen-bond acceptors (Lipinski definition) is 4. The topological polar surface area (TPSA) is 74.2 Å². The lowest BCUT2D eigenvalue weighted by molar-refractivity contribution is 0.203. The summed E-state index contributed by atoms with van der Waals surface area (Å²) in [6, 6.07) is 7.11. The Morgan fingerprint density at radius 3 is 2.90 bits per heavy atom. The average molecular weight is 277 g/mol. The van der Waals surface area contributed by atoms with Crippen LogP contribution in [0.1, 0.15) is 13.3 Å². The maximum absolute atomic E-state index is 12.2. The number of likely N-dealkylation sites (tertiary alicyclic amines) is 1. The zero-order chi connectivity index (χ0) is 14.5. The molecule has 1 aliphatic heterocycles. The molecule has 1 aliphatic rings. The number of hydrogen-bond donors (Lipinski definition) is 2. The van der Waals surface area contributed by atoms with Crippen molar-refractivity contribution in [1.29, 1.82) is 0 Å². The van der Waals surface area contributed by atoms with Crippen molar-refractivity contribution in [2.75, 3.05) is 25.5 Å². The summed E-state index contributed by atoms with van der Waals surface area (Å²) < 4.78 is 5.20. The molecule has 1 fully saturated rings. The van der Waals surface area contributed by atoms with E-state index in [1.807, 2.05) is 19.1 Å². The molecule has 0 aromatic heterocycles. The number of amides is 2. The predicted octanol–water partition coefficient (Wildman–Crippen LogP) is 2.40. The fourth-order valence-electron chi connectivity index (χ4n) is 2.30. The van der Waals surface area contributed by atoms with Gasteiger partial charge >= 0.3 is 6.03 Å². The van der Waals surface area contributed by atoms with Crippen molar-refractivity contribution < 1.29 is 14.7 Å². The molecule has 0 radical (unpaired) electrons. The fraction of sp³-hybridized carbons (Fsp3) is 0.429. The van der Waals surface area contributed by atoms with Crippen LogP contribution >= 0.6 is 0 Å². The smallest absolute Gasteiger partial charge is 0.321 e. The lowest BCUT2D eigenvalue weighted by atomic mass is 9.98. The Bertz CT molecular complexity index is 516. The number of ether oxygens (including phenoxy) is 1. The highest BCUT2D eigenvalue weighted by Crippen LogP contribution is 2.24. The molecule has 1 atom stereocenters. The summed E-state index contributed by atoms with van der Waals surface area (Å²) in [5.74, 6) is 0.695. The molecule has 0 aliphatic carbocycles. The first-order chi connectivity index (χ1) is 9.65. The number of oxime groups is 1. The number of nitrogens with one attached hydrogen (secondary N) is 1. The normalized spacial score (nSPS) is 20.8. The van der Waals surface area contributed by atoms with Gasteiger partial charge in [-0.2, -0.15) is 0 Å². The number of benzene rings is 1. The summed E-state index contributed by atoms with van der Waals surface area (Å²) in [5.41, 5.74) is 1.39. The second-order valence-corrected chi connectivity index (χ2v) is 4.82. The fourth-order valence-corrected chi connectivity index (χ4v) is 2.30. The van der Waals surface area contributed by atoms with E-state index in [4.69, 9.17) is 9.94 Å². The first-order valence-electron chi connectivity index (χ1n) is 6.55. The van der Waals surface area contributed by atoms with E-state index in [2.05, 4.69) is 10.5 Å². The Kier molecular flexibility index (Phi) is 4.45. The molecule has 0 saturated carbocycles. The highest BCUT2D eigenvalue weighted by molar-refractivity contribution is 5.93. The maximum atomic E-state index is 12.2. The third-order valence-electron chi connectivity index (χ3n) is 3.47. The number of methoxy groups -OCH3 is 1. The quantitative estimate of drug-likeness (QED) is 0.644. The van der Waals surface area contributed by atoms with Crippen molar-refractivity contribution in [1.82, 2.24) is 4.90 Å². The zero-order valence-electron chi connectivity index (χ0n) is 11.7. The van der Waals surface area contributed by atoms with E-state index in [0.29, 0.717) is 30.9 Å². The SMILES string of the molecule is COc1ccccc1NC(=O)N1CC/C(=N/O)C(C)C1. The lowest BCUT2D eigenvalue weighted by Crippen LogP contribution is -2.45. The van der Waals surface area contributed by atoms with Gasteiger partial charge in [-0.1, -0.05) is 24.2 Å². The molecule has 1 heterocycles. The molecule has 0 spiro atoms. The van der Waals surface area contributed by atoms with Crippen molar-refractivity contribution in [2.24, 2.45) is 11.1 Å². The zero-order valence-corrected chi connectivity index (χ0v) is 11.7. The van der Waals surface area contributed by atoms with Crippen LogP contribution in [0.4, 0.5) is 10.5 Å². The van der Waals surface area contributed by atoms with Crippen molar-refractivity contribution in [3.8, 4) is 5.75 Å². The van der Waals surface area contributed by atoms with Crippen LogP contribution < -0.4 is 10.1 Å². The van der Waals surface area contributed by atoms with E-state index < -0.39 is 0 Å². The minimum Gasteiger partial charge on any atom is -0.495 e. The van der Waals surface area contributed by atoms with E-state index in [1.54, 1.807) is 24.1 Å². The third-order valence-corrected chi connectivity index (χ3v) is 3.47.